The molecule has 2 aromatic heterocycles. The van der Waals surface area contributed by atoms with Crippen molar-refractivity contribution >= 4 is 11.6 Å². The van der Waals surface area contributed by atoms with Crippen molar-refractivity contribution in [2.45, 2.75) is 32.9 Å². The number of alkyl halides is 1. The van der Waals surface area contributed by atoms with E-state index >= 15 is 0 Å². The standard InChI is InChI=1S/C24H29FN6O/c1-18-12-26-23(28-21-4-2-3-19(11-21)14-30-7-9-32-10-8-30)29-22(18)20-13-27-31(15-20)17-24(16-25)5-6-24/h2-4,11-13,15H,5-10,14,16-17H2,1H3,(H,26,28,29). The Morgan fingerprint density at radius 3 is 2.81 bits per heavy atom. The molecule has 0 amide bonds. The van der Waals surface area contributed by atoms with Crippen LogP contribution < -0.4 is 5.32 Å². The third kappa shape index (κ3) is 4.81. The van der Waals surface area contributed by atoms with Crippen LogP contribution >= 0.6 is 0 Å². The maximum Gasteiger partial charge on any atom is 0.227 e. The van der Waals surface area contributed by atoms with E-state index in [0.29, 0.717) is 12.5 Å². The molecule has 1 aromatic carbocycles. The Kier molecular flexibility index (Phi) is 5.89. The monoisotopic (exact) mass is 436 g/mol. The summed E-state index contributed by atoms with van der Waals surface area (Å²) in [5.41, 5.74) is 4.73. The van der Waals surface area contributed by atoms with Crippen molar-refractivity contribution in [3.63, 3.8) is 0 Å². The van der Waals surface area contributed by atoms with Gasteiger partial charge in [-0.15, -0.1) is 0 Å². The number of ether oxygens (including phenoxy) is 1. The van der Waals surface area contributed by atoms with E-state index in [-0.39, 0.29) is 12.1 Å². The molecule has 1 saturated heterocycles. The number of aromatic nitrogens is 4. The fourth-order valence-electron chi connectivity index (χ4n) is 4.12. The molecule has 32 heavy (non-hydrogen) atoms. The van der Waals surface area contributed by atoms with E-state index in [1.54, 1.807) is 6.20 Å². The molecule has 0 atom stereocenters. The predicted molar refractivity (Wildman–Crippen MR) is 121 cm³/mol. The van der Waals surface area contributed by atoms with E-state index in [4.69, 9.17) is 9.72 Å². The number of nitrogens with zero attached hydrogens (tertiary/aromatic N) is 5. The quantitative estimate of drug-likeness (QED) is 0.576. The Morgan fingerprint density at radius 2 is 2.03 bits per heavy atom. The minimum atomic E-state index is -0.284. The third-order valence-corrected chi connectivity index (χ3v) is 6.31. The van der Waals surface area contributed by atoms with Crippen LogP contribution in [-0.4, -0.2) is 57.6 Å². The average molecular weight is 437 g/mol. The number of hydrogen-bond acceptors (Lipinski definition) is 6. The number of nitrogens with one attached hydrogen (secondary N) is 1. The van der Waals surface area contributed by atoms with E-state index in [0.717, 1.165) is 68.2 Å². The Labute approximate surface area is 187 Å². The first-order chi connectivity index (χ1) is 15.6. The third-order valence-electron chi connectivity index (χ3n) is 6.31. The van der Waals surface area contributed by atoms with Crippen molar-refractivity contribution in [3.05, 3.63) is 54.0 Å². The molecule has 5 rings (SSSR count). The SMILES string of the molecule is Cc1cnc(Nc2cccc(CN3CCOCC3)c2)nc1-c1cnn(CC2(CF)CC2)c1. The van der Waals surface area contributed by atoms with Gasteiger partial charge < -0.3 is 10.1 Å². The van der Waals surface area contributed by atoms with Crippen LogP contribution in [0.25, 0.3) is 11.3 Å². The summed E-state index contributed by atoms with van der Waals surface area (Å²) in [7, 11) is 0. The van der Waals surface area contributed by atoms with Gasteiger partial charge in [0.05, 0.1) is 31.8 Å². The first-order valence-electron chi connectivity index (χ1n) is 11.2. The molecule has 3 aromatic rings. The van der Waals surface area contributed by atoms with Crippen LogP contribution in [0.3, 0.4) is 0 Å². The minimum Gasteiger partial charge on any atom is -0.379 e. The first-order valence-corrected chi connectivity index (χ1v) is 11.2. The zero-order valence-electron chi connectivity index (χ0n) is 18.4. The molecular formula is C24H29FN6O. The van der Waals surface area contributed by atoms with Crippen molar-refractivity contribution in [2.24, 2.45) is 5.41 Å². The number of anilines is 2. The summed E-state index contributed by atoms with van der Waals surface area (Å²) in [6.45, 7) is 6.74. The largest absolute Gasteiger partial charge is 0.379 e. The fraction of sp³-hybridized carbons (Fsp3) is 0.458. The predicted octanol–water partition coefficient (Wildman–Crippen LogP) is 3.97. The number of rotatable bonds is 8. The highest BCUT2D eigenvalue weighted by Crippen LogP contribution is 2.47. The molecule has 3 heterocycles. The second-order valence-corrected chi connectivity index (χ2v) is 9.00. The van der Waals surface area contributed by atoms with Crippen molar-refractivity contribution in [1.29, 1.82) is 0 Å². The minimum absolute atomic E-state index is 0.205. The summed E-state index contributed by atoms with van der Waals surface area (Å²) < 4.78 is 20.5. The average Bonchev–Trinajstić information content (AvgIpc) is 3.43. The van der Waals surface area contributed by atoms with Crippen molar-refractivity contribution in [2.75, 3.05) is 38.3 Å². The molecule has 0 unspecified atom stereocenters. The topological polar surface area (TPSA) is 68.1 Å². The van der Waals surface area contributed by atoms with Gasteiger partial charge in [-0.3, -0.25) is 14.0 Å². The van der Waals surface area contributed by atoms with Crippen LogP contribution in [0.2, 0.25) is 0 Å². The van der Waals surface area contributed by atoms with Crippen molar-refractivity contribution in [1.82, 2.24) is 24.6 Å². The molecule has 168 valence electrons. The van der Waals surface area contributed by atoms with E-state index in [1.165, 1.54) is 5.56 Å². The molecular weight excluding hydrogens is 407 g/mol. The Balaban J connectivity index is 1.30. The maximum atomic E-state index is 13.3. The molecule has 1 saturated carbocycles. The van der Waals surface area contributed by atoms with Gasteiger partial charge >= 0.3 is 0 Å². The Hall–Kier alpha value is -2.84. The van der Waals surface area contributed by atoms with Crippen molar-refractivity contribution in [3.8, 4) is 11.3 Å². The zero-order valence-corrected chi connectivity index (χ0v) is 18.4. The molecule has 7 nitrogen and oxygen atoms in total. The second kappa shape index (κ2) is 8.96. The molecule has 1 aliphatic heterocycles. The molecule has 8 heteroatoms. The lowest BCUT2D eigenvalue weighted by Gasteiger charge is -2.26. The van der Waals surface area contributed by atoms with Gasteiger partial charge in [-0.05, 0) is 43.0 Å². The lowest BCUT2D eigenvalue weighted by molar-refractivity contribution is 0.0342. The highest BCUT2D eigenvalue weighted by atomic mass is 19.1. The van der Waals surface area contributed by atoms with Crippen LogP contribution in [0.4, 0.5) is 16.0 Å². The van der Waals surface area contributed by atoms with E-state index in [9.17, 15) is 4.39 Å². The number of hydrogen-bond donors (Lipinski definition) is 1. The highest BCUT2D eigenvalue weighted by Gasteiger charge is 2.43. The van der Waals surface area contributed by atoms with Crippen LogP contribution in [0.1, 0.15) is 24.0 Å². The van der Waals surface area contributed by atoms with E-state index in [2.05, 4.69) is 38.5 Å². The molecule has 1 N–H and O–H groups in total. The van der Waals surface area contributed by atoms with Gasteiger partial charge in [0.15, 0.2) is 0 Å². The zero-order chi connectivity index (χ0) is 22.0. The van der Waals surface area contributed by atoms with Gasteiger partial charge in [0.2, 0.25) is 5.95 Å². The summed E-state index contributed by atoms with van der Waals surface area (Å²) >= 11 is 0. The second-order valence-electron chi connectivity index (χ2n) is 9.00. The smallest absolute Gasteiger partial charge is 0.227 e. The van der Waals surface area contributed by atoms with E-state index in [1.807, 2.05) is 30.1 Å². The number of aryl methyl sites for hydroxylation is 1. The normalized spacial score (nSPS) is 17.9. The van der Waals surface area contributed by atoms with Gasteiger partial charge in [-0.2, -0.15) is 5.10 Å². The summed E-state index contributed by atoms with van der Waals surface area (Å²) in [6.07, 6.45) is 7.45. The van der Waals surface area contributed by atoms with E-state index < -0.39 is 0 Å². The summed E-state index contributed by atoms with van der Waals surface area (Å²) in [5.74, 6) is 0.546. The van der Waals surface area contributed by atoms with Gasteiger partial charge in [-0.25, -0.2) is 9.97 Å². The van der Waals surface area contributed by atoms with Gasteiger partial charge in [0.1, 0.15) is 0 Å². The molecule has 2 aliphatic rings. The van der Waals surface area contributed by atoms with Gasteiger partial charge in [-0.1, -0.05) is 12.1 Å². The number of halogens is 1. The van der Waals surface area contributed by atoms with Gasteiger partial charge in [0, 0.05) is 55.2 Å². The van der Waals surface area contributed by atoms with Crippen LogP contribution in [0, 0.1) is 12.3 Å². The van der Waals surface area contributed by atoms with Crippen LogP contribution in [-0.2, 0) is 17.8 Å². The fourth-order valence-corrected chi connectivity index (χ4v) is 4.12. The molecule has 1 aliphatic carbocycles. The highest BCUT2D eigenvalue weighted by molar-refractivity contribution is 5.64. The summed E-state index contributed by atoms with van der Waals surface area (Å²) in [6, 6.07) is 8.36. The Morgan fingerprint density at radius 1 is 1.19 bits per heavy atom. The molecule has 2 fully saturated rings. The van der Waals surface area contributed by atoms with Gasteiger partial charge in [0.25, 0.3) is 0 Å². The number of benzene rings is 1. The first kappa shape index (κ1) is 21.0. The lowest BCUT2D eigenvalue weighted by Crippen LogP contribution is -2.35. The Bertz CT molecular complexity index is 1070. The lowest BCUT2D eigenvalue weighted by atomic mass is 10.1. The van der Waals surface area contributed by atoms with Crippen LogP contribution in [0.5, 0.6) is 0 Å². The van der Waals surface area contributed by atoms with Crippen molar-refractivity contribution < 1.29 is 9.13 Å². The maximum absolute atomic E-state index is 13.3. The number of morpholine rings is 1. The molecule has 0 spiro atoms. The molecule has 0 bridgehead atoms. The summed E-state index contributed by atoms with van der Waals surface area (Å²) in [4.78, 5) is 11.6. The van der Waals surface area contributed by atoms with Crippen LogP contribution in [0.15, 0.2) is 42.9 Å². The summed E-state index contributed by atoms with van der Waals surface area (Å²) in [5, 5.41) is 7.78. The molecule has 0 radical (unpaired) electrons.